The molecule has 1 aliphatic heterocycles. The molecule has 0 N–H and O–H groups in total. The van der Waals surface area contributed by atoms with Crippen LogP contribution < -0.4 is 14.4 Å². The third kappa shape index (κ3) is 6.17. The van der Waals surface area contributed by atoms with Crippen LogP contribution in [0.15, 0.2) is 66.7 Å². The molecule has 0 unspecified atom stereocenters. The molecule has 7 nitrogen and oxygen atoms in total. The Bertz CT molecular complexity index is 1300. The molecule has 7 heteroatoms. The van der Waals surface area contributed by atoms with E-state index in [-0.39, 0.29) is 31.3 Å². The standard InChI is InChI=1S/C30H31NO6/c1-19(2)26-13-8-20(3)14-28(26)37-24-11-9-23(10-12-24)31-17-22(16-29(31)33)30(34)36-18-27(32)21-6-5-7-25(15-21)35-4/h5-15,19,22H,16-18H2,1-4H3/t22-/m1/s1. The number of amides is 1. The number of ketones is 1. The lowest BCUT2D eigenvalue weighted by molar-refractivity contribution is -0.147. The van der Waals surface area contributed by atoms with Crippen molar-refractivity contribution in [1.82, 2.24) is 0 Å². The molecule has 3 aromatic rings. The first-order valence-corrected chi connectivity index (χ1v) is 12.3. The highest BCUT2D eigenvalue weighted by Gasteiger charge is 2.36. The molecule has 4 rings (SSSR count). The highest BCUT2D eigenvalue weighted by Crippen LogP contribution is 2.33. The number of benzene rings is 3. The largest absolute Gasteiger partial charge is 0.497 e. The second-order valence-corrected chi connectivity index (χ2v) is 9.46. The lowest BCUT2D eigenvalue weighted by Gasteiger charge is -2.18. The van der Waals surface area contributed by atoms with Crippen molar-refractivity contribution in [1.29, 1.82) is 0 Å². The van der Waals surface area contributed by atoms with E-state index in [1.165, 1.54) is 7.11 Å². The summed E-state index contributed by atoms with van der Waals surface area (Å²) in [5.41, 5.74) is 3.30. The number of Topliss-reactive ketones (excluding diaryl/α,β-unsaturated/α-hetero) is 1. The predicted octanol–water partition coefficient (Wildman–Crippen LogP) is 5.70. The van der Waals surface area contributed by atoms with Crippen LogP contribution in [-0.2, 0) is 14.3 Å². The van der Waals surface area contributed by atoms with Crippen molar-refractivity contribution < 1.29 is 28.6 Å². The van der Waals surface area contributed by atoms with Crippen molar-refractivity contribution in [2.24, 2.45) is 5.92 Å². The van der Waals surface area contributed by atoms with Crippen LogP contribution in [0.2, 0.25) is 0 Å². The van der Waals surface area contributed by atoms with E-state index in [9.17, 15) is 14.4 Å². The molecule has 37 heavy (non-hydrogen) atoms. The Labute approximate surface area is 217 Å². The van der Waals surface area contributed by atoms with Crippen LogP contribution in [0.4, 0.5) is 5.69 Å². The zero-order valence-electron chi connectivity index (χ0n) is 21.5. The first-order valence-electron chi connectivity index (χ1n) is 12.3. The quantitative estimate of drug-likeness (QED) is 0.276. The van der Waals surface area contributed by atoms with Crippen LogP contribution in [0.5, 0.6) is 17.2 Å². The van der Waals surface area contributed by atoms with Gasteiger partial charge in [0.25, 0.3) is 0 Å². The summed E-state index contributed by atoms with van der Waals surface area (Å²) in [5.74, 6) is 0.634. The first-order chi connectivity index (χ1) is 17.7. The van der Waals surface area contributed by atoms with Crippen LogP contribution in [-0.4, -0.2) is 37.9 Å². The van der Waals surface area contributed by atoms with Crippen LogP contribution in [0.25, 0.3) is 0 Å². The lowest BCUT2D eigenvalue weighted by Crippen LogP contribution is -2.27. The van der Waals surface area contributed by atoms with E-state index < -0.39 is 11.9 Å². The maximum absolute atomic E-state index is 12.7. The Hall–Kier alpha value is -4.13. The van der Waals surface area contributed by atoms with E-state index in [1.54, 1.807) is 41.3 Å². The number of rotatable bonds is 9. The number of carbonyl (C=O) groups is 3. The second-order valence-electron chi connectivity index (χ2n) is 9.46. The minimum absolute atomic E-state index is 0.0332. The van der Waals surface area contributed by atoms with Gasteiger partial charge in [-0.1, -0.05) is 38.1 Å². The Morgan fingerprint density at radius 1 is 1.00 bits per heavy atom. The average molecular weight is 502 g/mol. The summed E-state index contributed by atoms with van der Waals surface area (Å²) in [6, 6.07) is 20.0. The summed E-state index contributed by atoms with van der Waals surface area (Å²) in [5, 5.41) is 0. The van der Waals surface area contributed by atoms with E-state index in [4.69, 9.17) is 14.2 Å². The Morgan fingerprint density at radius 3 is 2.46 bits per heavy atom. The van der Waals surface area contributed by atoms with E-state index in [1.807, 2.05) is 25.1 Å². The van der Waals surface area contributed by atoms with Crippen molar-refractivity contribution in [3.8, 4) is 17.2 Å². The van der Waals surface area contributed by atoms with Gasteiger partial charge in [-0.05, 0) is 66.4 Å². The monoisotopic (exact) mass is 501 g/mol. The lowest BCUT2D eigenvalue weighted by atomic mass is 10.0. The van der Waals surface area contributed by atoms with Gasteiger partial charge in [-0.3, -0.25) is 14.4 Å². The molecule has 1 saturated heterocycles. The van der Waals surface area contributed by atoms with Crippen molar-refractivity contribution in [2.75, 3.05) is 25.2 Å². The fourth-order valence-electron chi connectivity index (χ4n) is 4.28. The fraction of sp³-hybridized carbons (Fsp3) is 0.300. The number of nitrogens with zero attached hydrogens (tertiary/aromatic N) is 1. The maximum atomic E-state index is 12.7. The van der Waals surface area contributed by atoms with E-state index >= 15 is 0 Å². The summed E-state index contributed by atoms with van der Waals surface area (Å²) >= 11 is 0. The van der Waals surface area contributed by atoms with Gasteiger partial charge in [0.05, 0.1) is 13.0 Å². The minimum Gasteiger partial charge on any atom is -0.497 e. The number of anilines is 1. The number of carbonyl (C=O) groups excluding carboxylic acids is 3. The summed E-state index contributed by atoms with van der Waals surface area (Å²) in [6.45, 7) is 6.07. The molecule has 1 atom stereocenters. The molecule has 1 heterocycles. The molecule has 0 radical (unpaired) electrons. The summed E-state index contributed by atoms with van der Waals surface area (Å²) < 4.78 is 16.5. The number of ether oxygens (including phenoxy) is 3. The normalized spacial score (nSPS) is 15.1. The highest BCUT2D eigenvalue weighted by molar-refractivity contribution is 6.01. The molecule has 1 amide bonds. The van der Waals surface area contributed by atoms with Crippen molar-refractivity contribution >= 4 is 23.3 Å². The van der Waals surface area contributed by atoms with Gasteiger partial charge in [-0.25, -0.2) is 0 Å². The molecular weight excluding hydrogens is 470 g/mol. The number of hydrogen-bond donors (Lipinski definition) is 0. The molecule has 0 spiro atoms. The van der Waals surface area contributed by atoms with Gasteiger partial charge in [-0.15, -0.1) is 0 Å². The second kappa shape index (κ2) is 11.3. The molecule has 3 aromatic carbocycles. The summed E-state index contributed by atoms with van der Waals surface area (Å²) in [7, 11) is 1.51. The van der Waals surface area contributed by atoms with Gasteiger partial charge in [0.2, 0.25) is 5.91 Å². The van der Waals surface area contributed by atoms with Crippen LogP contribution >= 0.6 is 0 Å². The predicted molar refractivity (Wildman–Crippen MR) is 141 cm³/mol. The van der Waals surface area contributed by atoms with E-state index in [2.05, 4.69) is 26.0 Å². The Kier molecular flexibility index (Phi) is 7.92. The van der Waals surface area contributed by atoms with Gasteiger partial charge in [0.15, 0.2) is 12.4 Å². The van der Waals surface area contributed by atoms with Crippen LogP contribution in [0.3, 0.4) is 0 Å². The summed E-state index contributed by atoms with van der Waals surface area (Å²) in [4.78, 5) is 39.2. The minimum atomic E-state index is -0.637. The van der Waals surface area contributed by atoms with Crippen molar-refractivity contribution in [3.05, 3.63) is 83.4 Å². The molecule has 0 aromatic heterocycles. The number of esters is 1. The molecular formula is C30H31NO6. The molecule has 1 fully saturated rings. The highest BCUT2D eigenvalue weighted by atomic mass is 16.5. The van der Waals surface area contributed by atoms with Gasteiger partial charge >= 0.3 is 5.97 Å². The van der Waals surface area contributed by atoms with Crippen LogP contribution in [0.1, 0.15) is 47.7 Å². The SMILES string of the molecule is COc1cccc(C(=O)COC(=O)[C@@H]2CC(=O)N(c3ccc(Oc4cc(C)ccc4C(C)C)cc3)C2)c1. The van der Waals surface area contributed by atoms with Crippen molar-refractivity contribution in [2.45, 2.75) is 33.1 Å². The topological polar surface area (TPSA) is 82.1 Å². The fourth-order valence-corrected chi connectivity index (χ4v) is 4.28. The van der Waals surface area contributed by atoms with Gasteiger partial charge in [0.1, 0.15) is 17.2 Å². The van der Waals surface area contributed by atoms with Gasteiger partial charge in [0, 0.05) is 24.2 Å². The first kappa shape index (κ1) is 25.9. The van der Waals surface area contributed by atoms with Gasteiger partial charge < -0.3 is 19.1 Å². The third-order valence-electron chi connectivity index (χ3n) is 6.36. The molecule has 0 aliphatic carbocycles. The maximum Gasteiger partial charge on any atom is 0.311 e. The number of hydrogen-bond acceptors (Lipinski definition) is 6. The molecule has 192 valence electrons. The number of aryl methyl sites for hydroxylation is 1. The molecule has 0 saturated carbocycles. The van der Waals surface area contributed by atoms with Crippen LogP contribution in [0, 0.1) is 12.8 Å². The zero-order chi connectivity index (χ0) is 26.5. The van der Waals surface area contributed by atoms with E-state index in [0.717, 1.165) is 16.9 Å². The number of methoxy groups -OCH3 is 1. The average Bonchev–Trinajstić information content (AvgIpc) is 3.29. The van der Waals surface area contributed by atoms with E-state index in [0.29, 0.717) is 28.7 Å². The van der Waals surface area contributed by atoms with Gasteiger partial charge in [-0.2, -0.15) is 0 Å². The smallest absolute Gasteiger partial charge is 0.311 e. The van der Waals surface area contributed by atoms with Crippen molar-refractivity contribution in [3.63, 3.8) is 0 Å². The Balaban J connectivity index is 1.36. The molecule has 0 bridgehead atoms. The molecule has 1 aliphatic rings. The Morgan fingerprint density at radius 2 is 1.76 bits per heavy atom. The summed E-state index contributed by atoms with van der Waals surface area (Å²) in [6.07, 6.45) is 0.0332. The third-order valence-corrected chi connectivity index (χ3v) is 6.36. The zero-order valence-corrected chi connectivity index (χ0v) is 21.5.